The molecule has 1 aromatic rings. The summed E-state index contributed by atoms with van der Waals surface area (Å²) in [5.41, 5.74) is 1.31. The maximum Gasteiger partial charge on any atom is 0.119 e. The Hall–Kier alpha value is -1.02. The molecule has 1 aromatic carbocycles. The molecule has 0 saturated heterocycles. The van der Waals surface area contributed by atoms with Crippen LogP contribution >= 0.6 is 0 Å². The van der Waals surface area contributed by atoms with Crippen molar-refractivity contribution in [2.75, 3.05) is 6.61 Å². The monoisotopic (exact) mass is 235 g/mol. The maximum atomic E-state index is 5.65. The van der Waals surface area contributed by atoms with Crippen LogP contribution in [0.15, 0.2) is 24.3 Å². The van der Waals surface area contributed by atoms with E-state index in [0.29, 0.717) is 12.0 Å². The molecule has 0 aliphatic rings. The minimum Gasteiger partial charge on any atom is -0.493 e. The molecule has 2 heteroatoms. The second-order valence-corrected chi connectivity index (χ2v) is 5.04. The van der Waals surface area contributed by atoms with E-state index in [9.17, 15) is 0 Å². The predicted molar refractivity (Wildman–Crippen MR) is 73.4 cm³/mol. The fraction of sp³-hybridized carbons (Fsp3) is 0.600. The predicted octanol–water partition coefficient (Wildman–Crippen LogP) is 3.61. The van der Waals surface area contributed by atoms with E-state index in [1.165, 1.54) is 5.56 Å². The lowest BCUT2D eigenvalue weighted by molar-refractivity contribution is 0.271. The summed E-state index contributed by atoms with van der Waals surface area (Å²) in [6, 6.07) is 8.94. The summed E-state index contributed by atoms with van der Waals surface area (Å²) in [6.07, 6.45) is 1.16. The van der Waals surface area contributed by atoms with Crippen molar-refractivity contribution in [1.29, 1.82) is 0 Å². The van der Waals surface area contributed by atoms with E-state index < -0.39 is 0 Å². The van der Waals surface area contributed by atoms with Crippen LogP contribution in [0, 0.1) is 5.92 Å². The molecule has 0 saturated carbocycles. The Kier molecular flexibility index (Phi) is 6.06. The Bertz CT molecular complexity index is 305. The first-order chi connectivity index (χ1) is 8.11. The van der Waals surface area contributed by atoms with Crippen LogP contribution in [0.3, 0.4) is 0 Å². The zero-order valence-corrected chi connectivity index (χ0v) is 11.5. The molecule has 0 bridgehead atoms. The van der Waals surface area contributed by atoms with Crippen LogP contribution in [0.2, 0.25) is 0 Å². The molecule has 17 heavy (non-hydrogen) atoms. The molecule has 1 rings (SSSR count). The van der Waals surface area contributed by atoms with Gasteiger partial charge in [-0.3, -0.25) is 0 Å². The Morgan fingerprint density at radius 1 is 1.12 bits per heavy atom. The molecule has 0 unspecified atom stereocenters. The average Bonchev–Trinajstić information content (AvgIpc) is 2.34. The van der Waals surface area contributed by atoms with Gasteiger partial charge in [-0.2, -0.15) is 0 Å². The molecule has 0 spiro atoms. The van der Waals surface area contributed by atoms with E-state index in [1.54, 1.807) is 0 Å². The largest absolute Gasteiger partial charge is 0.493 e. The molecular formula is C15H25NO. The number of rotatable bonds is 7. The van der Waals surface area contributed by atoms with Crippen LogP contribution in [0.1, 0.15) is 39.7 Å². The highest BCUT2D eigenvalue weighted by Gasteiger charge is 2.00. The standard InChI is InChI=1S/C15H25NO/c1-5-13(4)16-10-14-6-8-15(9-7-14)17-11-12(2)3/h6-9,12-13,16H,5,10-11H2,1-4H3/t13-/m1/s1. The molecule has 0 aliphatic heterocycles. The zero-order valence-electron chi connectivity index (χ0n) is 11.5. The zero-order chi connectivity index (χ0) is 12.7. The fourth-order valence-electron chi connectivity index (χ4n) is 1.40. The molecule has 0 aromatic heterocycles. The average molecular weight is 235 g/mol. The summed E-state index contributed by atoms with van der Waals surface area (Å²) in [5, 5.41) is 3.48. The number of hydrogen-bond donors (Lipinski definition) is 1. The van der Waals surface area contributed by atoms with Gasteiger partial charge in [0.1, 0.15) is 5.75 Å². The minimum absolute atomic E-state index is 0.571. The first-order valence-corrected chi connectivity index (χ1v) is 6.57. The highest BCUT2D eigenvalue weighted by atomic mass is 16.5. The molecule has 1 N–H and O–H groups in total. The van der Waals surface area contributed by atoms with Gasteiger partial charge in [-0.15, -0.1) is 0 Å². The van der Waals surface area contributed by atoms with Crippen LogP contribution in [-0.4, -0.2) is 12.6 Å². The molecule has 96 valence electrons. The normalized spacial score (nSPS) is 12.8. The fourth-order valence-corrected chi connectivity index (χ4v) is 1.40. The lowest BCUT2D eigenvalue weighted by Crippen LogP contribution is -2.24. The maximum absolute atomic E-state index is 5.65. The van der Waals surface area contributed by atoms with Crippen molar-refractivity contribution >= 4 is 0 Å². The molecule has 0 amide bonds. The minimum atomic E-state index is 0.571. The van der Waals surface area contributed by atoms with Crippen molar-refractivity contribution < 1.29 is 4.74 Å². The second kappa shape index (κ2) is 7.33. The van der Waals surface area contributed by atoms with E-state index in [1.807, 2.05) is 0 Å². The van der Waals surface area contributed by atoms with Crippen molar-refractivity contribution in [2.24, 2.45) is 5.92 Å². The number of benzene rings is 1. The van der Waals surface area contributed by atoms with Crippen LogP contribution in [0.4, 0.5) is 0 Å². The lowest BCUT2D eigenvalue weighted by Gasteiger charge is -2.12. The third-order valence-electron chi connectivity index (χ3n) is 2.77. The summed E-state index contributed by atoms with van der Waals surface area (Å²) in [4.78, 5) is 0. The van der Waals surface area contributed by atoms with Crippen LogP contribution in [-0.2, 0) is 6.54 Å². The van der Waals surface area contributed by atoms with E-state index >= 15 is 0 Å². The van der Waals surface area contributed by atoms with Crippen molar-refractivity contribution in [3.05, 3.63) is 29.8 Å². The van der Waals surface area contributed by atoms with Crippen LogP contribution in [0.5, 0.6) is 5.75 Å². The van der Waals surface area contributed by atoms with Gasteiger partial charge < -0.3 is 10.1 Å². The van der Waals surface area contributed by atoms with Crippen LogP contribution < -0.4 is 10.1 Å². The van der Waals surface area contributed by atoms with Gasteiger partial charge >= 0.3 is 0 Å². The number of hydrogen-bond acceptors (Lipinski definition) is 2. The quantitative estimate of drug-likeness (QED) is 0.779. The van der Waals surface area contributed by atoms with Gasteiger partial charge in [-0.25, -0.2) is 0 Å². The third-order valence-corrected chi connectivity index (χ3v) is 2.77. The summed E-state index contributed by atoms with van der Waals surface area (Å²) in [5.74, 6) is 1.53. The second-order valence-electron chi connectivity index (χ2n) is 5.04. The topological polar surface area (TPSA) is 21.3 Å². The first kappa shape index (κ1) is 14.0. The van der Waals surface area contributed by atoms with Crippen molar-refractivity contribution in [3.8, 4) is 5.75 Å². The van der Waals surface area contributed by atoms with E-state index in [4.69, 9.17) is 4.74 Å². The highest BCUT2D eigenvalue weighted by molar-refractivity contribution is 5.27. The van der Waals surface area contributed by atoms with Gasteiger partial charge in [0, 0.05) is 12.6 Å². The Morgan fingerprint density at radius 3 is 2.29 bits per heavy atom. The van der Waals surface area contributed by atoms with Crippen molar-refractivity contribution in [3.63, 3.8) is 0 Å². The summed E-state index contributed by atoms with van der Waals surface area (Å²) < 4.78 is 5.65. The summed E-state index contributed by atoms with van der Waals surface area (Å²) in [7, 11) is 0. The van der Waals surface area contributed by atoms with Gasteiger partial charge in [0.05, 0.1) is 6.61 Å². The van der Waals surface area contributed by atoms with Gasteiger partial charge in [0.15, 0.2) is 0 Å². The molecule has 0 fully saturated rings. The molecular weight excluding hydrogens is 210 g/mol. The van der Waals surface area contributed by atoms with Crippen molar-refractivity contribution in [2.45, 2.75) is 46.7 Å². The van der Waals surface area contributed by atoms with Crippen LogP contribution in [0.25, 0.3) is 0 Å². The third kappa shape index (κ3) is 5.73. The molecule has 1 atom stereocenters. The van der Waals surface area contributed by atoms with E-state index in [2.05, 4.69) is 57.3 Å². The smallest absolute Gasteiger partial charge is 0.119 e. The Labute approximate surface area is 105 Å². The number of nitrogens with one attached hydrogen (secondary N) is 1. The molecule has 0 aliphatic carbocycles. The molecule has 2 nitrogen and oxygen atoms in total. The molecule has 0 radical (unpaired) electrons. The SMILES string of the molecule is CC[C@@H](C)NCc1ccc(OCC(C)C)cc1. The lowest BCUT2D eigenvalue weighted by atomic mass is 10.2. The Morgan fingerprint density at radius 2 is 1.76 bits per heavy atom. The summed E-state index contributed by atoms with van der Waals surface area (Å²) in [6.45, 7) is 10.4. The van der Waals surface area contributed by atoms with E-state index in [-0.39, 0.29) is 0 Å². The first-order valence-electron chi connectivity index (χ1n) is 6.57. The van der Waals surface area contributed by atoms with Gasteiger partial charge in [0.25, 0.3) is 0 Å². The van der Waals surface area contributed by atoms with Crippen molar-refractivity contribution in [1.82, 2.24) is 5.32 Å². The Balaban J connectivity index is 2.39. The molecule has 0 heterocycles. The van der Waals surface area contributed by atoms with Gasteiger partial charge in [-0.1, -0.05) is 32.9 Å². The van der Waals surface area contributed by atoms with Gasteiger partial charge in [-0.05, 0) is 37.0 Å². The highest BCUT2D eigenvalue weighted by Crippen LogP contribution is 2.13. The summed E-state index contributed by atoms with van der Waals surface area (Å²) >= 11 is 0. The van der Waals surface area contributed by atoms with E-state index in [0.717, 1.165) is 25.3 Å². The van der Waals surface area contributed by atoms with Gasteiger partial charge in [0.2, 0.25) is 0 Å². The number of ether oxygens (including phenoxy) is 1.